The highest BCUT2D eigenvalue weighted by Gasteiger charge is 2.26. The van der Waals surface area contributed by atoms with Crippen molar-refractivity contribution < 1.29 is 19.1 Å². The van der Waals surface area contributed by atoms with E-state index in [1.165, 1.54) is 7.05 Å². The first-order chi connectivity index (χ1) is 12.0. The molecule has 0 aromatic heterocycles. The Kier molecular flexibility index (Phi) is 6.54. The lowest BCUT2D eigenvalue weighted by Crippen LogP contribution is -2.41. The van der Waals surface area contributed by atoms with E-state index in [2.05, 4.69) is 10.6 Å². The van der Waals surface area contributed by atoms with Gasteiger partial charge in [-0.3, -0.25) is 14.9 Å². The fourth-order valence-corrected chi connectivity index (χ4v) is 2.21. The zero-order valence-corrected chi connectivity index (χ0v) is 14.2. The molecule has 2 aromatic rings. The third-order valence-electron chi connectivity index (χ3n) is 3.32. The topological polar surface area (TPSA) is 84.5 Å². The van der Waals surface area contributed by atoms with Crippen LogP contribution in [0, 0.1) is 0 Å². The lowest BCUT2D eigenvalue weighted by molar-refractivity contribution is -0.155. The molecule has 0 aliphatic rings. The van der Waals surface area contributed by atoms with Crippen LogP contribution in [0.4, 0.5) is 4.79 Å². The number of ether oxygens (including phenoxy) is 1. The smallest absolute Gasteiger partial charge is 0.321 e. The summed E-state index contributed by atoms with van der Waals surface area (Å²) in [5.74, 6) is -1.32. The fourth-order valence-electron chi connectivity index (χ4n) is 2.08. The number of benzene rings is 2. The van der Waals surface area contributed by atoms with E-state index in [1.807, 2.05) is 0 Å². The van der Waals surface area contributed by atoms with Gasteiger partial charge in [0, 0.05) is 17.6 Å². The molecule has 0 fully saturated rings. The van der Waals surface area contributed by atoms with Crippen LogP contribution in [-0.2, 0) is 20.7 Å². The summed E-state index contributed by atoms with van der Waals surface area (Å²) < 4.78 is 5.31. The molecule has 0 heterocycles. The van der Waals surface area contributed by atoms with Crippen LogP contribution >= 0.6 is 11.6 Å². The van der Waals surface area contributed by atoms with Crippen molar-refractivity contribution in [3.63, 3.8) is 0 Å². The molecule has 25 heavy (non-hydrogen) atoms. The van der Waals surface area contributed by atoms with Gasteiger partial charge in [0.15, 0.2) is 0 Å². The molecule has 3 amide bonds. The number of carbonyl (C=O) groups is 3. The second kappa shape index (κ2) is 8.84. The predicted octanol–water partition coefficient (Wildman–Crippen LogP) is 2.62. The van der Waals surface area contributed by atoms with Crippen LogP contribution in [0.2, 0.25) is 5.02 Å². The largest absolute Gasteiger partial charge is 0.447 e. The molecule has 6 nitrogen and oxygen atoms in total. The Balaban J connectivity index is 2.12. The van der Waals surface area contributed by atoms with Crippen LogP contribution in [0.1, 0.15) is 17.2 Å². The Hall–Kier alpha value is -2.86. The Bertz CT molecular complexity index is 747. The SMILES string of the molecule is CNC(=O)NC(=O)[C@@H](OC(=O)Cc1ccc(Cl)cc1)c1ccccc1. The maximum atomic E-state index is 12.3. The summed E-state index contributed by atoms with van der Waals surface area (Å²) in [6.45, 7) is 0. The second-order valence-corrected chi connectivity index (χ2v) is 5.59. The van der Waals surface area contributed by atoms with Crippen LogP contribution in [0.15, 0.2) is 54.6 Å². The zero-order chi connectivity index (χ0) is 18.2. The minimum Gasteiger partial charge on any atom is -0.447 e. The van der Waals surface area contributed by atoms with Gasteiger partial charge >= 0.3 is 12.0 Å². The molecule has 0 bridgehead atoms. The summed E-state index contributed by atoms with van der Waals surface area (Å²) in [5, 5.41) is 4.96. The summed E-state index contributed by atoms with van der Waals surface area (Å²) in [6, 6.07) is 14.5. The van der Waals surface area contributed by atoms with Gasteiger partial charge in [0.05, 0.1) is 6.42 Å². The highest BCUT2D eigenvalue weighted by molar-refractivity contribution is 6.30. The number of nitrogens with one attached hydrogen (secondary N) is 2. The maximum absolute atomic E-state index is 12.3. The average Bonchev–Trinajstić information content (AvgIpc) is 2.62. The predicted molar refractivity (Wildman–Crippen MR) is 93.0 cm³/mol. The Morgan fingerprint density at radius 3 is 2.28 bits per heavy atom. The number of halogens is 1. The van der Waals surface area contributed by atoms with Gasteiger partial charge in [-0.2, -0.15) is 0 Å². The van der Waals surface area contributed by atoms with E-state index < -0.39 is 24.0 Å². The first kappa shape index (κ1) is 18.5. The summed E-state index contributed by atoms with van der Waals surface area (Å²) >= 11 is 5.81. The van der Waals surface area contributed by atoms with Crippen LogP contribution in [0.25, 0.3) is 0 Å². The first-order valence-electron chi connectivity index (χ1n) is 7.51. The number of rotatable bonds is 5. The summed E-state index contributed by atoms with van der Waals surface area (Å²) in [7, 11) is 1.38. The molecule has 7 heteroatoms. The fraction of sp³-hybridized carbons (Fsp3) is 0.167. The van der Waals surface area contributed by atoms with Crippen molar-refractivity contribution in [2.75, 3.05) is 7.05 Å². The molecular weight excluding hydrogens is 344 g/mol. The molecule has 1 atom stereocenters. The number of esters is 1. The highest BCUT2D eigenvalue weighted by atomic mass is 35.5. The van der Waals surface area contributed by atoms with Crippen molar-refractivity contribution >= 4 is 29.5 Å². The Morgan fingerprint density at radius 2 is 1.68 bits per heavy atom. The highest BCUT2D eigenvalue weighted by Crippen LogP contribution is 2.19. The molecule has 130 valence electrons. The number of hydrogen-bond acceptors (Lipinski definition) is 4. The van der Waals surface area contributed by atoms with E-state index in [0.717, 1.165) is 0 Å². The molecule has 0 radical (unpaired) electrons. The van der Waals surface area contributed by atoms with Gasteiger partial charge < -0.3 is 10.1 Å². The van der Waals surface area contributed by atoms with E-state index in [1.54, 1.807) is 54.6 Å². The third kappa shape index (κ3) is 5.61. The standard InChI is InChI=1S/C18H17ClN2O4/c1-20-18(24)21-17(23)16(13-5-3-2-4-6-13)25-15(22)11-12-7-9-14(19)10-8-12/h2-10,16H,11H2,1H3,(H2,20,21,23,24)/t16-/m0/s1. The van der Waals surface area contributed by atoms with Gasteiger partial charge in [-0.15, -0.1) is 0 Å². The Morgan fingerprint density at radius 1 is 1.04 bits per heavy atom. The lowest BCUT2D eigenvalue weighted by atomic mass is 10.1. The van der Waals surface area contributed by atoms with Crippen molar-refractivity contribution in [2.45, 2.75) is 12.5 Å². The van der Waals surface area contributed by atoms with Gasteiger partial charge in [0.1, 0.15) is 0 Å². The number of imide groups is 1. The average molecular weight is 361 g/mol. The molecular formula is C18H17ClN2O4. The van der Waals surface area contributed by atoms with Crippen molar-refractivity contribution in [1.29, 1.82) is 0 Å². The maximum Gasteiger partial charge on any atom is 0.321 e. The van der Waals surface area contributed by atoms with Crippen molar-refractivity contribution in [1.82, 2.24) is 10.6 Å². The molecule has 0 unspecified atom stereocenters. The molecule has 0 aliphatic heterocycles. The van der Waals surface area contributed by atoms with E-state index in [0.29, 0.717) is 16.1 Å². The molecule has 0 aliphatic carbocycles. The molecule has 2 rings (SSSR count). The minimum atomic E-state index is -1.22. The molecule has 0 saturated heterocycles. The van der Waals surface area contributed by atoms with E-state index >= 15 is 0 Å². The zero-order valence-electron chi connectivity index (χ0n) is 13.5. The van der Waals surface area contributed by atoms with Gasteiger partial charge in [-0.1, -0.05) is 54.1 Å². The number of urea groups is 1. The molecule has 0 saturated carbocycles. The van der Waals surface area contributed by atoms with Crippen LogP contribution in [0.5, 0.6) is 0 Å². The van der Waals surface area contributed by atoms with Gasteiger partial charge in [-0.25, -0.2) is 4.79 Å². The number of hydrogen-bond donors (Lipinski definition) is 2. The van der Waals surface area contributed by atoms with E-state index in [9.17, 15) is 14.4 Å². The van der Waals surface area contributed by atoms with Crippen LogP contribution < -0.4 is 10.6 Å². The normalized spacial score (nSPS) is 11.3. The Labute approximate surface area is 150 Å². The van der Waals surface area contributed by atoms with Crippen molar-refractivity contribution in [3.8, 4) is 0 Å². The molecule has 2 N–H and O–H groups in total. The minimum absolute atomic E-state index is 0.0201. The lowest BCUT2D eigenvalue weighted by Gasteiger charge is -2.17. The summed E-state index contributed by atoms with van der Waals surface area (Å²) in [5.41, 5.74) is 1.17. The van der Waals surface area contributed by atoms with Gasteiger partial charge in [0.2, 0.25) is 6.10 Å². The number of carbonyl (C=O) groups excluding carboxylic acids is 3. The van der Waals surface area contributed by atoms with Gasteiger partial charge in [0.25, 0.3) is 5.91 Å². The summed E-state index contributed by atoms with van der Waals surface area (Å²) in [6.07, 6.45) is -1.24. The van der Waals surface area contributed by atoms with Gasteiger partial charge in [-0.05, 0) is 17.7 Å². The molecule has 0 spiro atoms. The summed E-state index contributed by atoms with van der Waals surface area (Å²) in [4.78, 5) is 35.9. The first-order valence-corrected chi connectivity index (χ1v) is 7.89. The quantitative estimate of drug-likeness (QED) is 0.803. The van der Waals surface area contributed by atoms with Crippen LogP contribution in [-0.4, -0.2) is 25.0 Å². The van der Waals surface area contributed by atoms with E-state index in [4.69, 9.17) is 16.3 Å². The van der Waals surface area contributed by atoms with E-state index in [-0.39, 0.29) is 6.42 Å². The van der Waals surface area contributed by atoms with Crippen molar-refractivity contribution in [3.05, 3.63) is 70.7 Å². The third-order valence-corrected chi connectivity index (χ3v) is 3.57. The number of amides is 3. The second-order valence-electron chi connectivity index (χ2n) is 5.15. The monoisotopic (exact) mass is 360 g/mol. The van der Waals surface area contributed by atoms with Crippen molar-refractivity contribution in [2.24, 2.45) is 0 Å². The molecule has 2 aromatic carbocycles. The van der Waals surface area contributed by atoms with Crippen LogP contribution in [0.3, 0.4) is 0 Å².